The molecule has 0 unspecified atom stereocenters. The molecule has 33 heavy (non-hydrogen) atoms. The van der Waals surface area contributed by atoms with Crippen molar-refractivity contribution in [1.29, 1.82) is 0 Å². The zero-order valence-corrected chi connectivity index (χ0v) is 19.6. The number of piperidine rings is 1. The lowest BCUT2D eigenvalue weighted by Crippen LogP contribution is -2.44. The number of nitrogens with two attached hydrogens (primary N) is 1. The minimum absolute atomic E-state index is 0.0215. The number of aryl methyl sites for hydroxylation is 1. The second kappa shape index (κ2) is 9.60. The maximum atomic E-state index is 14.0. The van der Waals surface area contributed by atoms with E-state index in [1.54, 1.807) is 11.8 Å². The fourth-order valence-corrected chi connectivity index (χ4v) is 3.50. The number of hydrogen-bond donors (Lipinski definition) is 2. The lowest BCUT2D eigenvalue weighted by atomic mass is 10.0. The number of likely N-dealkylation sites (tertiary alicyclic amines) is 1. The third kappa shape index (κ3) is 5.88. The highest BCUT2D eigenvalue weighted by Crippen LogP contribution is 2.27. The van der Waals surface area contributed by atoms with E-state index in [1.165, 1.54) is 19.4 Å². The van der Waals surface area contributed by atoms with Crippen LogP contribution in [0.25, 0.3) is 0 Å². The lowest BCUT2D eigenvalue weighted by Gasteiger charge is -2.33. The number of hydrogen-bond acceptors (Lipinski definition) is 8. The average molecular weight is 460 g/mol. The van der Waals surface area contributed by atoms with Crippen molar-refractivity contribution in [3.05, 3.63) is 40.8 Å². The molecule has 0 radical (unpaired) electrons. The Morgan fingerprint density at radius 2 is 1.88 bits per heavy atom. The maximum Gasteiger partial charge on any atom is 0.410 e. The lowest BCUT2D eigenvalue weighted by molar-refractivity contribution is 0.0210. The molecule has 1 amide bonds. The Morgan fingerprint density at radius 1 is 1.21 bits per heavy atom. The zero-order valence-electron chi connectivity index (χ0n) is 19.6. The van der Waals surface area contributed by atoms with Crippen LogP contribution in [0, 0.1) is 12.7 Å². The number of nitrogens with one attached hydrogen (secondary N) is 1. The fraction of sp³-hybridized carbons (Fsp3) is 0.478. The second-order valence-corrected chi connectivity index (χ2v) is 9.01. The summed E-state index contributed by atoms with van der Waals surface area (Å²) in [5.74, 6) is -0.541. The molecule has 2 aromatic rings. The number of benzene rings is 1. The summed E-state index contributed by atoms with van der Waals surface area (Å²) in [5.41, 5.74) is 5.96. The minimum atomic E-state index is -0.537. The Kier molecular flexibility index (Phi) is 7.04. The molecule has 0 saturated carbocycles. The summed E-state index contributed by atoms with van der Waals surface area (Å²) in [4.78, 5) is 35.2. The van der Waals surface area contributed by atoms with Crippen LogP contribution < -0.4 is 15.8 Å². The zero-order chi connectivity index (χ0) is 24.3. The molecule has 9 nitrogen and oxygen atoms in total. The third-order valence-corrected chi connectivity index (χ3v) is 5.27. The van der Waals surface area contributed by atoms with Crippen molar-refractivity contribution in [3.8, 4) is 5.75 Å². The molecule has 3 rings (SSSR count). The molecule has 3 N–H and O–H groups in total. The molecule has 178 valence electrons. The summed E-state index contributed by atoms with van der Waals surface area (Å²) >= 11 is 0. The van der Waals surface area contributed by atoms with Gasteiger partial charge in [-0.3, -0.25) is 4.79 Å². The van der Waals surface area contributed by atoms with Gasteiger partial charge >= 0.3 is 6.09 Å². The van der Waals surface area contributed by atoms with E-state index in [2.05, 4.69) is 15.3 Å². The minimum Gasteiger partial charge on any atom is -0.496 e. The number of nitrogen functional groups attached to an aromatic ring is 1. The second-order valence-electron chi connectivity index (χ2n) is 9.01. The molecule has 1 aromatic carbocycles. The number of anilines is 2. The number of amides is 1. The molecule has 1 fully saturated rings. The van der Waals surface area contributed by atoms with Gasteiger partial charge in [0.25, 0.3) is 0 Å². The van der Waals surface area contributed by atoms with Crippen molar-refractivity contribution < 1.29 is 23.5 Å². The number of nitrogens with zero attached hydrogens (tertiary/aromatic N) is 3. The van der Waals surface area contributed by atoms with Gasteiger partial charge in [0.05, 0.1) is 18.2 Å². The van der Waals surface area contributed by atoms with Gasteiger partial charge in [0.15, 0.2) is 0 Å². The van der Waals surface area contributed by atoms with Crippen LogP contribution in [-0.4, -0.2) is 58.6 Å². The van der Waals surface area contributed by atoms with Crippen LogP contribution >= 0.6 is 0 Å². The molecular weight excluding hydrogens is 429 g/mol. The Morgan fingerprint density at radius 3 is 2.45 bits per heavy atom. The molecule has 1 aliphatic rings. The molecule has 0 bridgehead atoms. The van der Waals surface area contributed by atoms with Crippen LogP contribution in [0.1, 0.15) is 55.1 Å². The number of methoxy groups -OCH3 is 1. The highest BCUT2D eigenvalue weighted by atomic mass is 19.1. The van der Waals surface area contributed by atoms with E-state index < -0.39 is 17.2 Å². The van der Waals surface area contributed by atoms with Crippen molar-refractivity contribution in [3.63, 3.8) is 0 Å². The molecule has 10 heteroatoms. The van der Waals surface area contributed by atoms with Gasteiger partial charge in [-0.15, -0.1) is 0 Å². The first-order valence-corrected chi connectivity index (χ1v) is 10.7. The van der Waals surface area contributed by atoms with Crippen LogP contribution in [-0.2, 0) is 4.74 Å². The summed E-state index contributed by atoms with van der Waals surface area (Å²) in [5, 5.41) is 3.20. The van der Waals surface area contributed by atoms with E-state index in [0.717, 1.165) is 6.07 Å². The van der Waals surface area contributed by atoms with Crippen LogP contribution in [0.5, 0.6) is 5.75 Å². The van der Waals surface area contributed by atoms with Crippen LogP contribution in [0.2, 0.25) is 0 Å². The summed E-state index contributed by atoms with van der Waals surface area (Å²) < 4.78 is 24.7. The van der Waals surface area contributed by atoms with Crippen molar-refractivity contribution in [2.24, 2.45) is 0 Å². The van der Waals surface area contributed by atoms with Gasteiger partial charge in [-0.1, -0.05) is 0 Å². The Hall–Kier alpha value is -3.43. The molecule has 0 spiro atoms. The van der Waals surface area contributed by atoms with Crippen LogP contribution in [0.15, 0.2) is 18.3 Å². The van der Waals surface area contributed by atoms with Crippen molar-refractivity contribution >= 4 is 23.6 Å². The van der Waals surface area contributed by atoms with Crippen molar-refractivity contribution in [2.45, 2.75) is 52.2 Å². The average Bonchev–Trinajstić information content (AvgIpc) is 2.74. The van der Waals surface area contributed by atoms with E-state index >= 15 is 0 Å². The van der Waals surface area contributed by atoms with Gasteiger partial charge in [-0.25, -0.2) is 14.2 Å². The fourth-order valence-electron chi connectivity index (χ4n) is 3.50. The monoisotopic (exact) mass is 459 g/mol. The predicted molar refractivity (Wildman–Crippen MR) is 122 cm³/mol. The van der Waals surface area contributed by atoms with Gasteiger partial charge in [-0.05, 0) is 58.2 Å². The smallest absolute Gasteiger partial charge is 0.410 e. The topological polar surface area (TPSA) is 120 Å². The summed E-state index contributed by atoms with van der Waals surface area (Å²) in [6, 6.07) is 2.62. The van der Waals surface area contributed by atoms with E-state index in [4.69, 9.17) is 15.2 Å². The standard InChI is InChI=1S/C23H30FN5O4/c1-13-10-18(32-5)15(11-17(13)24)19(30)16-12-26-21(28-20(16)25)27-14-6-8-29(9-7-14)22(31)33-23(2,3)4/h10-12,14H,6-9H2,1-5H3,(H3,25,26,27,28). The van der Waals surface area contributed by atoms with Gasteiger partial charge in [-0.2, -0.15) is 4.98 Å². The van der Waals surface area contributed by atoms with E-state index in [-0.39, 0.29) is 40.8 Å². The highest BCUT2D eigenvalue weighted by Gasteiger charge is 2.27. The Bertz CT molecular complexity index is 1050. The molecule has 1 saturated heterocycles. The number of carbonyl (C=O) groups is 2. The van der Waals surface area contributed by atoms with Gasteiger partial charge in [0.2, 0.25) is 11.7 Å². The Balaban J connectivity index is 1.66. The quantitative estimate of drug-likeness (QED) is 0.652. The normalized spacial score (nSPS) is 14.7. The molecule has 0 aliphatic carbocycles. The molecule has 1 aliphatic heterocycles. The predicted octanol–water partition coefficient (Wildman–Crippen LogP) is 3.56. The number of carbonyl (C=O) groups excluding carboxylic acids is 2. The van der Waals surface area contributed by atoms with Gasteiger partial charge in [0.1, 0.15) is 23.0 Å². The summed E-state index contributed by atoms with van der Waals surface area (Å²) in [7, 11) is 1.41. The first kappa shape index (κ1) is 24.2. The Labute approximate surface area is 192 Å². The van der Waals surface area contributed by atoms with Crippen molar-refractivity contribution in [2.75, 3.05) is 31.2 Å². The van der Waals surface area contributed by atoms with Crippen LogP contribution in [0.4, 0.5) is 21.0 Å². The van der Waals surface area contributed by atoms with Gasteiger partial charge in [0, 0.05) is 25.3 Å². The number of ketones is 1. The number of halogens is 1. The van der Waals surface area contributed by atoms with E-state index in [9.17, 15) is 14.0 Å². The maximum absolute atomic E-state index is 14.0. The highest BCUT2D eigenvalue weighted by molar-refractivity contribution is 6.13. The number of ether oxygens (including phenoxy) is 2. The molecular formula is C23H30FN5O4. The summed E-state index contributed by atoms with van der Waals surface area (Å²) in [6.07, 6.45) is 2.36. The van der Waals surface area contributed by atoms with E-state index in [1.807, 2.05) is 20.8 Å². The van der Waals surface area contributed by atoms with Crippen molar-refractivity contribution in [1.82, 2.24) is 14.9 Å². The van der Waals surface area contributed by atoms with Crippen LogP contribution in [0.3, 0.4) is 0 Å². The SMILES string of the molecule is COc1cc(C)c(F)cc1C(=O)c1cnc(NC2CCN(C(=O)OC(C)(C)C)CC2)nc1N. The molecule has 2 heterocycles. The molecule has 0 atom stereocenters. The first-order chi connectivity index (χ1) is 15.5. The number of aromatic nitrogens is 2. The van der Waals surface area contributed by atoms with E-state index in [0.29, 0.717) is 31.5 Å². The largest absolute Gasteiger partial charge is 0.496 e. The summed E-state index contributed by atoms with van der Waals surface area (Å²) in [6.45, 7) is 8.17. The van der Waals surface area contributed by atoms with Gasteiger partial charge < -0.3 is 25.4 Å². The first-order valence-electron chi connectivity index (χ1n) is 10.7. The molecule has 1 aromatic heterocycles. The number of rotatable bonds is 5. The third-order valence-electron chi connectivity index (χ3n) is 5.27.